The Labute approximate surface area is 181 Å². The first kappa shape index (κ1) is 25.7. The molecule has 0 bridgehead atoms. The van der Waals surface area contributed by atoms with E-state index in [-0.39, 0.29) is 24.7 Å². The highest BCUT2D eigenvalue weighted by Gasteiger charge is 2.25. The number of hydrogen-bond donors (Lipinski definition) is 3. The molecule has 168 valence electrons. The first-order valence-corrected chi connectivity index (χ1v) is 10.6. The van der Waals surface area contributed by atoms with E-state index in [1.54, 1.807) is 4.90 Å². The first-order valence-electron chi connectivity index (χ1n) is 10.6. The van der Waals surface area contributed by atoms with Crippen LogP contribution in [0.25, 0.3) is 0 Å². The van der Waals surface area contributed by atoms with Crippen LogP contribution in [0.1, 0.15) is 52.0 Å². The molecule has 0 aliphatic carbocycles. The molecule has 6 heteroatoms. The van der Waals surface area contributed by atoms with Crippen molar-refractivity contribution in [1.29, 1.82) is 0 Å². The fourth-order valence-electron chi connectivity index (χ4n) is 2.99. The van der Waals surface area contributed by atoms with E-state index in [1.807, 2.05) is 83.4 Å². The summed E-state index contributed by atoms with van der Waals surface area (Å²) in [6.07, 6.45) is 7.05. The average Bonchev–Trinajstić information content (AvgIpc) is 2.67. The molecule has 2 atom stereocenters. The monoisotopic (exact) mass is 417 g/mol. The summed E-state index contributed by atoms with van der Waals surface area (Å²) in [6.45, 7) is 8.34. The van der Waals surface area contributed by atoms with Crippen LogP contribution in [0.5, 0.6) is 0 Å². The number of nitrogens with zero attached hydrogens (tertiary/aromatic N) is 1. The summed E-state index contributed by atoms with van der Waals surface area (Å²) in [4.78, 5) is 14.6. The van der Waals surface area contributed by atoms with Crippen LogP contribution < -0.4 is 11.1 Å². The highest BCUT2D eigenvalue weighted by atomic mass is 16.6. The average molecular weight is 418 g/mol. The number of rotatable bonds is 11. The van der Waals surface area contributed by atoms with Crippen molar-refractivity contribution in [3.8, 4) is 0 Å². The standard InChI is InChI=1S/C24H39N3O3/c1-19(25)10-9-11-20(16-26-5)14-15-27(23(29)30-24(2,3)4)17-22(18-28)21-12-7-6-8-13-21/h6-10,12-13,16,19,22,26,28H,11,14-15,17-18,25H2,1-5H3/b10-9-,20-16+. The zero-order valence-electron chi connectivity index (χ0n) is 19.1. The lowest BCUT2D eigenvalue weighted by Crippen LogP contribution is -2.40. The molecule has 0 saturated carbocycles. The molecule has 0 saturated heterocycles. The number of carbonyl (C=O) groups is 1. The Hall–Kier alpha value is -2.31. The van der Waals surface area contributed by atoms with E-state index in [0.29, 0.717) is 19.5 Å². The highest BCUT2D eigenvalue weighted by Crippen LogP contribution is 2.20. The lowest BCUT2D eigenvalue weighted by atomic mass is 9.99. The van der Waals surface area contributed by atoms with Gasteiger partial charge >= 0.3 is 6.09 Å². The summed E-state index contributed by atoms with van der Waals surface area (Å²) in [6, 6.07) is 9.77. The van der Waals surface area contributed by atoms with Crippen molar-refractivity contribution in [1.82, 2.24) is 10.2 Å². The maximum Gasteiger partial charge on any atom is 0.410 e. The lowest BCUT2D eigenvalue weighted by molar-refractivity contribution is 0.0229. The molecular formula is C24H39N3O3. The smallest absolute Gasteiger partial charge is 0.410 e. The number of hydrogen-bond acceptors (Lipinski definition) is 5. The SMILES string of the molecule is CN/C=C(\C/C=C\C(C)N)CCN(CC(CO)c1ccccc1)C(=O)OC(C)(C)C. The Morgan fingerprint density at radius 2 is 1.97 bits per heavy atom. The Balaban J connectivity index is 2.94. The first-order chi connectivity index (χ1) is 14.2. The van der Waals surface area contributed by atoms with Crippen LogP contribution in [0.3, 0.4) is 0 Å². The second-order valence-corrected chi connectivity index (χ2v) is 8.55. The van der Waals surface area contributed by atoms with E-state index in [9.17, 15) is 9.90 Å². The number of benzene rings is 1. The molecule has 2 unspecified atom stereocenters. The van der Waals surface area contributed by atoms with Gasteiger partial charge in [0, 0.05) is 32.1 Å². The molecule has 0 spiro atoms. The molecule has 1 amide bonds. The van der Waals surface area contributed by atoms with Crippen LogP contribution in [0.4, 0.5) is 4.79 Å². The number of aliphatic hydroxyl groups is 1. The Morgan fingerprint density at radius 1 is 1.30 bits per heavy atom. The van der Waals surface area contributed by atoms with Gasteiger partial charge in [-0.25, -0.2) is 4.79 Å². The van der Waals surface area contributed by atoms with Crippen molar-refractivity contribution in [3.05, 3.63) is 59.8 Å². The molecule has 0 aliphatic rings. The summed E-state index contributed by atoms with van der Waals surface area (Å²) < 4.78 is 5.63. The van der Waals surface area contributed by atoms with Gasteiger partial charge < -0.3 is 25.8 Å². The topological polar surface area (TPSA) is 87.8 Å². The normalized spacial score (nSPS) is 14.4. The number of amides is 1. The molecule has 1 aromatic rings. The molecular weight excluding hydrogens is 378 g/mol. The third-order valence-electron chi connectivity index (χ3n) is 4.45. The summed E-state index contributed by atoms with van der Waals surface area (Å²) in [5.41, 5.74) is 7.36. The van der Waals surface area contributed by atoms with Gasteiger partial charge in [0.25, 0.3) is 0 Å². The third-order valence-corrected chi connectivity index (χ3v) is 4.45. The van der Waals surface area contributed by atoms with Crippen molar-refractivity contribution in [2.75, 3.05) is 26.7 Å². The fourth-order valence-corrected chi connectivity index (χ4v) is 2.99. The zero-order chi connectivity index (χ0) is 22.6. The summed E-state index contributed by atoms with van der Waals surface area (Å²) >= 11 is 0. The molecule has 0 fully saturated rings. The third kappa shape index (κ3) is 10.5. The number of nitrogens with one attached hydrogen (secondary N) is 1. The van der Waals surface area contributed by atoms with E-state index in [0.717, 1.165) is 17.6 Å². The van der Waals surface area contributed by atoms with Crippen molar-refractivity contribution >= 4 is 6.09 Å². The molecule has 6 nitrogen and oxygen atoms in total. The van der Waals surface area contributed by atoms with Gasteiger partial charge in [0.05, 0.1) is 6.61 Å². The van der Waals surface area contributed by atoms with Gasteiger partial charge in [0.2, 0.25) is 0 Å². The number of allylic oxidation sites excluding steroid dienone is 1. The molecule has 0 heterocycles. The zero-order valence-corrected chi connectivity index (χ0v) is 19.1. The van der Waals surface area contributed by atoms with Gasteiger partial charge in [-0.15, -0.1) is 0 Å². The summed E-state index contributed by atoms with van der Waals surface area (Å²) in [5, 5.41) is 13.0. The van der Waals surface area contributed by atoms with Gasteiger partial charge in [-0.05, 0) is 57.9 Å². The minimum atomic E-state index is -0.583. The van der Waals surface area contributed by atoms with Gasteiger partial charge in [0.15, 0.2) is 0 Å². The van der Waals surface area contributed by atoms with E-state index in [4.69, 9.17) is 10.5 Å². The Bertz CT molecular complexity index is 679. The van der Waals surface area contributed by atoms with E-state index < -0.39 is 5.60 Å². The van der Waals surface area contributed by atoms with Crippen molar-refractivity contribution in [2.45, 2.75) is 58.1 Å². The van der Waals surface area contributed by atoms with Crippen LogP contribution in [0, 0.1) is 0 Å². The van der Waals surface area contributed by atoms with E-state index in [1.165, 1.54) is 0 Å². The van der Waals surface area contributed by atoms with E-state index in [2.05, 4.69) is 5.32 Å². The van der Waals surface area contributed by atoms with Crippen LogP contribution in [-0.2, 0) is 4.74 Å². The minimum Gasteiger partial charge on any atom is -0.444 e. The number of ether oxygens (including phenoxy) is 1. The lowest BCUT2D eigenvalue weighted by Gasteiger charge is -2.30. The van der Waals surface area contributed by atoms with Crippen molar-refractivity contribution < 1.29 is 14.6 Å². The number of carbonyl (C=O) groups excluding carboxylic acids is 1. The molecule has 1 aromatic carbocycles. The maximum atomic E-state index is 12.9. The van der Waals surface area contributed by atoms with Crippen LogP contribution in [0.2, 0.25) is 0 Å². The molecule has 0 aliphatic heterocycles. The molecule has 4 N–H and O–H groups in total. The predicted molar refractivity (Wildman–Crippen MR) is 123 cm³/mol. The van der Waals surface area contributed by atoms with Crippen LogP contribution in [0.15, 0.2) is 54.3 Å². The quantitative estimate of drug-likeness (QED) is 0.477. The number of nitrogens with two attached hydrogens (primary N) is 1. The number of aliphatic hydroxyl groups excluding tert-OH is 1. The van der Waals surface area contributed by atoms with Crippen molar-refractivity contribution in [3.63, 3.8) is 0 Å². The fraction of sp³-hybridized carbons (Fsp3) is 0.542. The Kier molecular flexibility index (Phi) is 11.2. The molecule has 30 heavy (non-hydrogen) atoms. The maximum absolute atomic E-state index is 12.9. The Morgan fingerprint density at radius 3 is 2.50 bits per heavy atom. The predicted octanol–water partition coefficient (Wildman–Crippen LogP) is 3.79. The van der Waals surface area contributed by atoms with Gasteiger partial charge in [0.1, 0.15) is 5.60 Å². The minimum absolute atomic E-state index is 0.00952. The summed E-state index contributed by atoms with van der Waals surface area (Å²) in [5.74, 6) is -0.173. The van der Waals surface area contributed by atoms with Gasteiger partial charge in [-0.1, -0.05) is 42.5 Å². The second kappa shape index (κ2) is 13.1. The molecule has 0 radical (unpaired) electrons. The highest BCUT2D eigenvalue weighted by molar-refractivity contribution is 5.68. The largest absolute Gasteiger partial charge is 0.444 e. The van der Waals surface area contributed by atoms with Crippen molar-refractivity contribution in [2.24, 2.45) is 5.73 Å². The molecule has 0 aromatic heterocycles. The second-order valence-electron chi connectivity index (χ2n) is 8.55. The van der Waals surface area contributed by atoms with Crippen LogP contribution >= 0.6 is 0 Å². The summed E-state index contributed by atoms with van der Waals surface area (Å²) in [7, 11) is 1.86. The van der Waals surface area contributed by atoms with E-state index >= 15 is 0 Å². The van der Waals surface area contributed by atoms with Crippen LogP contribution in [-0.4, -0.2) is 54.5 Å². The molecule has 1 rings (SSSR count). The van der Waals surface area contributed by atoms with Gasteiger partial charge in [-0.2, -0.15) is 0 Å². The van der Waals surface area contributed by atoms with Gasteiger partial charge in [-0.3, -0.25) is 0 Å².